The Balaban J connectivity index is 2.14. The van der Waals surface area contributed by atoms with Crippen LogP contribution in [0, 0.1) is 0 Å². The summed E-state index contributed by atoms with van der Waals surface area (Å²) in [5, 5.41) is 8.85. The molecule has 0 spiro atoms. The lowest BCUT2D eigenvalue weighted by Gasteiger charge is -2.22. The van der Waals surface area contributed by atoms with Gasteiger partial charge in [0.1, 0.15) is 5.60 Å². The van der Waals surface area contributed by atoms with E-state index >= 15 is 0 Å². The molecule has 2 N–H and O–H groups in total. The van der Waals surface area contributed by atoms with E-state index in [9.17, 15) is 4.79 Å². The van der Waals surface area contributed by atoms with Gasteiger partial charge in [-0.3, -0.25) is 0 Å². The van der Waals surface area contributed by atoms with Gasteiger partial charge >= 0.3 is 6.09 Å². The third-order valence-electron chi connectivity index (χ3n) is 2.44. The average Bonchev–Trinajstić information content (AvgIpc) is 2.67. The Morgan fingerprint density at radius 3 is 2.75 bits per heavy atom. The maximum absolute atomic E-state index is 11.6. The van der Waals surface area contributed by atoms with E-state index in [0.717, 1.165) is 24.5 Å². The summed E-state index contributed by atoms with van der Waals surface area (Å²) in [7, 11) is 0. The molecule has 0 aliphatic heterocycles. The highest BCUT2D eigenvalue weighted by Gasteiger charge is 2.17. The lowest BCUT2D eigenvalue weighted by atomic mass is 10.2. The Morgan fingerprint density at radius 2 is 2.20 bits per heavy atom. The molecule has 4 nitrogen and oxygen atoms in total. The number of thiophene rings is 1. The van der Waals surface area contributed by atoms with Crippen molar-refractivity contribution < 1.29 is 9.53 Å². The maximum Gasteiger partial charge on any atom is 0.407 e. The molecular formula is C14H23ClN2O2S. The molecule has 114 valence electrons. The van der Waals surface area contributed by atoms with Gasteiger partial charge in [-0.1, -0.05) is 11.6 Å². The van der Waals surface area contributed by atoms with Crippen LogP contribution in [-0.2, 0) is 11.3 Å². The fourth-order valence-electron chi connectivity index (χ4n) is 1.56. The lowest BCUT2D eigenvalue weighted by molar-refractivity contribution is 0.0506. The van der Waals surface area contributed by atoms with Gasteiger partial charge in [-0.25, -0.2) is 4.79 Å². The monoisotopic (exact) mass is 318 g/mol. The summed E-state index contributed by atoms with van der Waals surface area (Å²) in [6, 6.07) is 2.03. The molecular weight excluding hydrogens is 296 g/mol. The molecule has 1 aromatic heterocycles. The Kier molecular flexibility index (Phi) is 6.79. The number of hydrogen-bond acceptors (Lipinski definition) is 4. The van der Waals surface area contributed by atoms with Crippen LogP contribution in [0.5, 0.6) is 0 Å². The minimum Gasteiger partial charge on any atom is -0.444 e. The van der Waals surface area contributed by atoms with Crippen molar-refractivity contribution in [2.45, 2.75) is 52.3 Å². The number of carbonyl (C=O) groups is 1. The van der Waals surface area contributed by atoms with E-state index < -0.39 is 5.60 Å². The van der Waals surface area contributed by atoms with Gasteiger partial charge in [-0.05, 0) is 46.7 Å². The number of hydrogen-bond donors (Lipinski definition) is 2. The number of ether oxygens (including phenoxy) is 1. The van der Waals surface area contributed by atoms with Crippen LogP contribution in [-0.4, -0.2) is 24.3 Å². The molecule has 0 saturated carbocycles. The number of nitrogens with one attached hydrogen (secondary N) is 2. The van der Waals surface area contributed by atoms with E-state index in [1.54, 1.807) is 11.3 Å². The van der Waals surface area contributed by atoms with Gasteiger partial charge in [0.15, 0.2) is 0 Å². The van der Waals surface area contributed by atoms with Crippen molar-refractivity contribution in [1.29, 1.82) is 0 Å². The summed E-state index contributed by atoms with van der Waals surface area (Å²) in [6.45, 7) is 9.15. The van der Waals surface area contributed by atoms with Crippen LogP contribution in [0.4, 0.5) is 4.79 Å². The van der Waals surface area contributed by atoms with Gasteiger partial charge in [-0.2, -0.15) is 0 Å². The Bertz CT molecular complexity index is 429. The van der Waals surface area contributed by atoms with Crippen LogP contribution >= 0.6 is 22.9 Å². The van der Waals surface area contributed by atoms with Crippen LogP contribution in [0.1, 0.15) is 39.0 Å². The fraction of sp³-hybridized carbons (Fsp3) is 0.643. The van der Waals surface area contributed by atoms with E-state index in [2.05, 4.69) is 10.6 Å². The van der Waals surface area contributed by atoms with E-state index in [4.69, 9.17) is 16.3 Å². The first kappa shape index (κ1) is 17.3. The van der Waals surface area contributed by atoms with Crippen molar-refractivity contribution in [1.82, 2.24) is 10.6 Å². The molecule has 1 unspecified atom stereocenters. The Hall–Kier alpha value is -0.780. The van der Waals surface area contributed by atoms with Crippen molar-refractivity contribution in [2.24, 2.45) is 0 Å². The molecule has 6 heteroatoms. The second kappa shape index (κ2) is 7.86. The van der Waals surface area contributed by atoms with Crippen LogP contribution < -0.4 is 10.6 Å². The molecule has 1 rings (SSSR count). The summed E-state index contributed by atoms with van der Waals surface area (Å²) in [6.07, 6.45) is 0.480. The van der Waals surface area contributed by atoms with Crippen molar-refractivity contribution in [3.05, 3.63) is 21.3 Å². The molecule has 0 aromatic carbocycles. The summed E-state index contributed by atoms with van der Waals surface area (Å²) < 4.78 is 5.20. The van der Waals surface area contributed by atoms with E-state index in [1.165, 1.54) is 4.88 Å². The molecule has 20 heavy (non-hydrogen) atoms. The molecule has 0 saturated heterocycles. The minimum absolute atomic E-state index is 0.0734. The number of rotatable bonds is 6. The van der Waals surface area contributed by atoms with Crippen LogP contribution in [0.25, 0.3) is 0 Å². The molecule has 1 atom stereocenters. The number of carbonyl (C=O) groups excluding carboxylic acids is 1. The zero-order chi connectivity index (χ0) is 15.2. The van der Waals surface area contributed by atoms with E-state index in [1.807, 2.05) is 39.1 Å². The lowest BCUT2D eigenvalue weighted by Crippen LogP contribution is -2.38. The van der Waals surface area contributed by atoms with Gasteiger partial charge < -0.3 is 15.4 Å². The molecule has 0 aliphatic carbocycles. The zero-order valence-electron chi connectivity index (χ0n) is 12.5. The number of amides is 1. The van der Waals surface area contributed by atoms with Gasteiger partial charge in [-0.15, -0.1) is 11.3 Å². The highest BCUT2D eigenvalue weighted by Crippen LogP contribution is 2.18. The maximum atomic E-state index is 11.6. The molecule has 0 fully saturated rings. The van der Waals surface area contributed by atoms with Crippen molar-refractivity contribution >= 4 is 29.0 Å². The zero-order valence-corrected chi connectivity index (χ0v) is 14.0. The standard InChI is InChI=1S/C14H23ClN2O2S/c1-10(17-13(18)19-14(2,3)4)5-6-16-8-12-7-11(15)9-20-12/h7,9-10,16H,5-6,8H2,1-4H3,(H,17,18). The van der Waals surface area contributed by atoms with Gasteiger partial charge in [0.2, 0.25) is 0 Å². The first-order chi connectivity index (χ1) is 9.26. The topological polar surface area (TPSA) is 50.4 Å². The van der Waals surface area contributed by atoms with Crippen molar-refractivity contribution in [3.63, 3.8) is 0 Å². The largest absolute Gasteiger partial charge is 0.444 e. The minimum atomic E-state index is -0.458. The normalized spacial score (nSPS) is 13.1. The second-order valence-corrected chi connectivity index (χ2v) is 7.18. The summed E-state index contributed by atoms with van der Waals surface area (Å²) in [5.41, 5.74) is -0.458. The van der Waals surface area contributed by atoms with Crippen molar-refractivity contribution in [2.75, 3.05) is 6.54 Å². The van der Waals surface area contributed by atoms with Gasteiger partial charge in [0, 0.05) is 22.8 Å². The fourth-order valence-corrected chi connectivity index (χ4v) is 2.60. The van der Waals surface area contributed by atoms with Crippen LogP contribution in [0.15, 0.2) is 11.4 Å². The van der Waals surface area contributed by atoms with Crippen LogP contribution in [0.2, 0.25) is 5.02 Å². The van der Waals surface area contributed by atoms with Crippen LogP contribution in [0.3, 0.4) is 0 Å². The molecule has 1 aromatic rings. The van der Waals surface area contributed by atoms with E-state index in [-0.39, 0.29) is 12.1 Å². The molecule has 0 radical (unpaired) electrons. The predicted octanol–water partition coefficient (Wildman–Crippen LogP) is 3.79. The third kappa shape index (κ3) is 7.72. The first-order valence-electron chi connectivity index (χ1n) is 6.69. The number of halogens is 1. The van der Waals surface area contributed by atoms with Gasteiger partial charge in [0.25, 0.3) is 0 Å². The SMILES string of the molecule is CC(CCNCc1cc(Cl)cs1)NC(=O)OC(C)(C)C. The highest BCUT2D eigenvalue weighted by atomic mass is 35.5. The predicted molar refractivity (Wildman–Crippen MR) is 84.5 cm³/mol. The third-order valence-corrected chi connectivity index (χ3v) is 3.72. The molecule has 0 bridgehead atoms. The number of alkyl carbamates (subject to hydrolysis) is 1. The average molecular weight is 319 g/mol. The summed E-state index contributed by atoms with van der Waals surface area (Å²) in [4.78, 5) is 12.8. The Labute approximate surface area is 129 Å². The molecule has 1 heterocycles. The first-order valence-corrected chi connectivity index (χ1v) is 7.95. The van der Waals surface area contributed by atoms with E-state index in [0.29, 0.717) is 0 Å². The van der Waals surface area contributed by atoms with Crippen molar-refractivity contribution in [3.8, 4) is 0 Å². The second-order valence-electron chi connectivity index (χ2n) is 5.74. The quantitative estimate of drug-likeness (QED) is 0.784. The summed E-state index contributed by atoms with van der Waals surface area (Å²) in [5.74, 6) is 0. The molecule has 1 amide bonds. The highest BCUT2D eigenvalue weighted by molar-refractivity contribution is 7.10. The Morgan fingerprint density at radius 1 is 1.50 bits per heavy atom. The molecule has 0 aliphatic rings. The smallest absolute Gasteiger partial charge is 0.407 e. The summed E-state index contributed by atoms with van der Waals surface area (Å²) >= 11 is 7.50. The van der Waals surface area contributed by atoms with Gasteiger partial charge in [0.05, 0.1) is 5.02 Å².